The van der Waals surface area contributed by atoms with Crippen LogP contribution in [0.2, 0.25) is 0 Å². The highest BCUT2D eigenvalue weighted by Gasteiger charge is 2.35. The molecule has 0 bridgehead atoms. The van der Waals surface area contributed by atoms with Crippen molar-refractivity contribution in [1.82, 2.24) is 10.2 Å². The topological polar surface area (TPSA) is 88.3 Å². The highest BCUT2D eigenvalue weighted by molar-refractivity contribution is 7.98. The van der Waals surface area contributed by atoms with E-state index in [9.17, 15) is 9.59 Å². The van der Waals surface area contributed by atoms with Crippen molar-refractivity contribution in [2.24, 2.45) is 5.92 Å². The Morgan fingerprint density at radius 1 is 1.24 bits per heavy atom. The molecule has 2 fully saturated rings. The van der Waals surface area contributed by atoms with Crippen molar-refractivity contribution in [2.45, 2.75) is 55.8 Å². The Kier molecular flexibility index (Phi) is 6.18. The highest BCUT2D eigenvalue weighted by Crippen LogP contribution is 2.33. The Hall–Kier alpha value is -2.35. The van der Waals surface area contributed by atoms with Crippen molar-refractivity contribution < 1.29 is 14.0 Å². The summed E-state index contributed by atoms with van der Waals surface area (Å²) in [6, 6.07) is 8.04. The second-order valence-electron chi connectivity index (χ2n) is 7.79. The van der Waals surface area contributed by atoms with Crippen LogP contribution in [0.25, 0.3) is 0 Å². The van der Waals surface area contributed by atoms with Gasteiger partial charge in [0.25, 0.3) is 0 Å². The fourth-order valence-electron chi connectivity index (χ4n) is 4.15. The number of carbonyl (C=O) groups is 2. The first-order valence-electron chi connectivity index (χ1n) is 10.2. The van der Waals surface area contributed by atoms with Gasteiger partial charge in [-0.15, -0.1) is 16.9 Å². The molecule has 4 rings (SSSR count). The molecular formula is C21H26N4O3S. The summed E-state index contributed by atoms with van der Waals surface area (Å²) >= 11 is 1.66. The van der Waals surface area contributed by atoms with E-state index in [-0.39, 0.29) is 23.7 Å². The average molecular weight is 415 g/mol. The third-order valence-corrected chi connectivity index (χ3v) is 6.54. The second kappa shape index (κ2) is 8.98. The molecule has 0 unspecified atom stereocenters. The lowest BCUT2D eigenvalue weighted by Gasteiger charge is -2.16. The van der Waals surface area contributed by atoms with Crippen molar-refractivity contribution in [3.63, 3.8) is 0 Å². The molecule has 1 aromatic heterocycles. The zero-order valence-electron chi connectivity index (χ0n) is 16.6. The third kappa shape index (κ3) is 4.80. The van der Waals surface area contributed by atoms with E-state index in [0.29, 0.717) is 31.2 Å². The van der Waals surface area contributed by atoms with Gasteiger partial charge in [-0.25, -0.2) is 0 Å². The lowest BCUT2D eigenvalue weighted by molar-refractivity contribution is -0.117. The van der Waals surface area contributed by atoms with E-state index >= 15 is 0 Å². The van der Waals surface area contributed by atoms with Crippen molar-refractivity contribution in [1.29, 1.82) is 0 Å². The van der Waals surface area contributed by atoms with Gasteiger partial charge in [-0.3, -0.25) is 14.9 Å². The van der Waals surface area contributed by atoms with E-state index < -0.39 is 0 Å². The summed E-state index contributed by atoms with van der Waals surface area (Å²) in [5.41, 5.74) is 0.871. The molecule has 1 aliphatic carbocycles. The smallest absolute Gasteiger partial charge is 0.322 e. The summed E-state index contributed by atoms with van der Waals surface area (Å²) in [6.45, 7) is 0.495. The molecule has 1 saturated heterocycles. The van der Waals surface area contributed by atoms with E-state index in [1.807, 2.05) is 30.5 Å². The van der Waals surface area contributed by atoms with E-state index in [1.54, 1.807) is 16.7 Å². The van der Waals surface area contributed by atoms with Crippen LogP contribution in [0.1, 0.15) is 56.8 Å². The number of amides is 2. The van der Waals surface area contributed by atoms with Gasteiger partial charge in [-0.1, -0.05) is 30.8 Å². The Morgan fingerprint density at radius 3 is 2.72 bits per heavy atom. The van der Waals surface area contributed by atoms with E-state index in [4.69, 9.17) is 4.42 Å². The molecule has 1 saturated carbocycles. The van der Waals surface area contributed by atoms with Crippen molar-refractivity contribution in [2.75, 3.05) is 23.0 Å². The fourth-order valence-corrected chi connectivity index (χ4v) is 4.56. The predicted molar refractivity (Wildman–Crippen MR) is 112 cm³/mol. The van der Waals surface area contributed by atoms with Crippen LogP contribution in [0.3, 0.4) is 0 Å². The van der Waals surface area contributed by atoms with Crippen LogP contribution >= 0.6 is 11.8 Å². The Morgan fingerprint density at radius 2 is 2.00 bits per heavy atom. The average Bonchev–Trinajstić information content (AvgIpc) is 3.48. The van der Waals surface area contributed by atoms with Gasteiger partial charge in [-0.2, -0.15) is 0 Å². The number of rotatable bonds is 7. The molecule has 2 amide bonds. The predicted octanol–water partition coefficient (Wildman–Crippen LogP) is 4.22. The minimum Gasteiger partial charge on any atom is -0.407 e. The van der Waals surface area contributed by atoms with Crippen LogP contribution in [-0.2, 0) is 9.59 Å². The molecule has 154 valence electrons. The maximum atomic E-state index is 12.5. The van der Waals surface area contributed by atoms with Gasteiger partial charge in [0.1, 0.15) is 0 Å². The Balaban J connectivity index is 1.32. The number of hydrogen-bond acceptors (Lipinski definition) is 6. The number of carbonyl (C=O) groups excluding carboxylic acids is 2. The highest BCUT2D eigenvalue weighted by atomic mass is 32.2. The third-order valence-electron chi connectivity index (χ3n) is 5.80. The van der Waals surface area contributed by atoms with Crippen LogP contribution in [-0.4, -0.2) is 34.8 Å². The number of hydrogen-bond donors (Lipinski definition) is 1. The molecule has 1 aromatic carbocycles. The molecular weight excluding hydrogens is 388 g/mol. The monoisotopic (exact) mass is 414 g/mol. The molecule has 0 radical (unpaired) electrons. The van der Waals surface area contributed by atoms with Gasteiger partial charge >= 0.3 is 6.01 Å². The zero-order chi connectivity index (χ0) is 20.2. The quantitative estimate of drug-likeness (QED) is 0.683. The maximum Gasteiger partial charge on any atom is 0.322 e. The molecule has 1 aliphatic heterocycles. The molecule has 2 heterocycles. The SMILES string of the molecule is CSc1ccc(N2C[C@@H](c3nnc(NC(=O)CCC4CCCC4)o3)CC2=O)cc1. The minimum absolute atomic E-state index is 0.0345. The Bertz CT molecular complexity index is 861. The van der Waals surface area contributed by atoms with E-state index in [2.05, 4.69) is 15.5 Å². The lowest BCUT2D eigenvalue weighted by atomic mass is 10.0. The standard InChI is InChI=1S/C21H26N4O3S/c1-29-17-9-7-16(8-10-17)25-13-15(12-19(25)27)20-23-24-21(28-20)22-18(26)11-6-14-4-2-3-5-14/h7-10,14-15H,2-6,11-13H2,1H3,(H,22,24,26)/t15-/m0/s1. The van der Waals surface area contributed by atoms with Gasteiger partial charge in [0.15, 0.2) is 0 Å². The first-order chi connectivity index (χ1) is 14.1. The second-order valence-corrected chi connectivity index (χ2v) is 8.67. The number of anilines is 2. The van der Waals surface area contributed by atoms with Crippen LogP contribution in [0.15, 0.2) is 33.6 Å². The molecule has 1 atom stereocenters. The summed E-state index contributed by atoms with van der Waals surface area (Å²) in [5.74, 6) is 0.837. The number of nitrogens with zero attached hydrogens (tertiary/aromatic N) is 3. The van der Waals surface area contributed by atoms with Crippen molar-refractivity contribution in [3.8, 4) is 0 Å². The molecule has 2 aliphatic rings. The van der Waals surface area contributed by atoms with Crippen LogP contribution in [0.4, 0.5) is 11.7 Å². The van der Waals surface area contributed by atoms with Gasteiger partial charge in [0.2, 0.25) is 17.7 Å². The molecule has 1 N–H and O–H groups in total. The molecule has 0 spiro atoms. The van der Waals surface area contributed by atoms with Gasteiger partial charge in [0.05, 0.1) is 5.92 Å². The lowest BCUT2D eigenvalue weighted by Crippen LogP contribution is -2.24. The summed E-state index contributed by atoms with van der Waals surface area (Å²) in [6.07, 6.45) is 8.73. The maximum absolute atomic E-state index is 12.5. The first kappa shape index (κ1) is 19.9. The van der Waals surface area contributed by atoms with Gasteiger partial charge in [-0.05, 0) is 42.9 Å². The Labute approximate surface area is 174 Å². The number of nitrogens with one attached hydrogen (secondary N) is 1. The summed E-state index contributed by atoms with van der Waals surface area (Å²) in [5, 5.41) is 10.7. The molecule has 29 heavy (non-hydrogen) atoms. The van der Waals surface area contributed by atoms with E-state index in [0.717, 1.165) is 17.0 Å². The van der Waals surface area contributed by atoms with Gasteiger partial charge in [0, 0.05) is 30.0 Å². The van der Waals surface area contributed by atoms with Gasteiger partial charge < -0.3 is 9.32 Å². The number of aromatic nitrogens is 2. The number of benzene rings is 1. The first-order valence-corrected chi connectivity index (χ1v) is 11.4. The molecule has 8 heteroatoms. The number of thioether (sulfide) groups is 1. The van der Waals surface area contributed by atoms with Crippen LogP contribution in [0, 0.1) is 5.92 Å². The minimum atomic E-state index is -0.167. The van der Waals surface area contributed by atoms with Crippen molar-refractivity contribution in [3.05, 3.63) is 30.2 Å². The summed E-state index contributed by atoms with van der Waals surface area (Å²) in [7, 11) is 0. The molecule has 7 nitrogen and oxygen atoms in total. The summed E-state index contributed by atoms with van der Waals surface area (Å²) in [4.78, 5) is 27.5. The fraction of sp³-hybridized carbons (Fsp3) is 0.524. The zero-order valence-corrected chi connectivity index (χ0v) is 17.4. The normalized spacial score (nSPS) is 19.8. The van der Waals surface area contributed by atoms with Crippen LogP contribution in [0.5, 0.6) is 0 Å². The van der Waals surface area contributed by atoms with Crippen LogP contribution < -0.4 is 10.2 Å². The largest absolute Gasteiger partial charge is 0.407 e. The van der Waals surface area contributed by atoms with E-state index in [1.165, 1.54) is 25.7 Å². The molecule has 2 aromatic rings. The summed E-state index contributed by atoms with van der Waals surface area (Å²) < 4.78 is 5.64. The van der Waals surface area contributed by atoms with Crippen molar-refractivity contribution >= 4 is 35.3 Å².